The molecule has 0 radical (unpaired) electrons. The summed E-state index contributed by atoms with van der Waals surface area (Å²) in [6.45, 7) is 7.66. The van der Waals surface area contributed by atoms with Gasteiger partial charge in [-0.3, -0.25) is 0 Å². The van der Waals surface area contributed by atoms with E-state index in [1.165, 1.54) is 70.6 Å². The maximum atomic E-state index is 5.78. The van der Waals surface area contributed by atoms with Crippen LogP contribution in [0.4, 0.5) is 0 Å². The Kier molecular flexibility index (Phi) is 9.60. The second-order valence-electron chi connectivity index (χ2n) is 7.98. The van der Waals surface area contributed by atoms with Gasteiger partial charge in [-0.2, -0.15) is 0 Å². The van der Waals surface area contributed by atoms with Gasteiger partial charge in [-0.1, -0.05) is 39.0 Å². The summed E-state index contributed by atoms with van der Waals surface area (Å²) in [5.74, 6) is 3.95. The number of ether oxygens (including phenoxy) is 2. The summed E-state index contributed by atoms with van der Waals surface area (Å²) >= 11 is 0. The van der Waals surface area contributed by atoms with Crippen molar-refractivity contribution in [1.29, 1.82) is 0 Å². The van der Waals surface area contributed by atoms with Crippen LogP contribution >= 0.6 is 0 Å². The minimum atomic E-state index is 0.757. The summed E-state index contributed by atoms with van der Waals surface area (Å²) in [5, 5.41) is 0. The van der Waals surface area contributed by atoms with Crippen LogP contribution in [0.5, 0.6) is 0 Å². The van der Waals surface area contributed by atoms with Crippen molar-refractivity contribution in [3.63, 3.8) is 0 Å². The first-order valence-corrected chi connectivity index (χ1v) is 10.5. The Morgan fingerprint density at radius 2 is 1.26 bits per heavy atom. The van der Waals surface area contributed by atoms with E-state index < -0.39 is 0 Å². The Morgan fingerprint density at radius 3 is 1.83 bits per heavy atom. The highest BCUT2D eigenvalue weighted by molar-refractivity contribution is 4.82. The normalized spacial score (nSPS) is 32.1. The fourth-order valence-corrected chi connectivity index (χ4v) is 4.78. The van der Waals surface area contributed by atoms with Crippen molar-refractivity contribution in [3.8, 4) is 0 Å². The molecular formula is C21H40O2. The van der Waals surface area contributed by atoms with Crippen LogP contribution in [0.25, 0.3) is 0 Å². The minimum absolute atomic E-state index is 0.757. The lowest BCUT2D eigenvalue weighted by molar-refractivity contribution is 0.0241. The fourth-order valence-electron chi connectivity index (χ4n) is 4.78. The van der Waals surface area contributed by atoms with Crippen molar-refractivity contribution in [2.75, 3.05) is 26.4 Å². The Hall–Kier alpha value is -0.0800. The molecule has 0 unspecified atom stereocenters. The molecule has 2 aliphatic carbocycles. The van der Waals surface area contributed by atoms with E-state index in [4.69, 9.17) is 9.47 Å². The maximum absolute atomic E-state index is 5.78. The summed E-state index contributed by atoms with van der Waals surface area (Å²) < 4.78 is 11.1. The predicted molar refractivity (Wildman–Crippen MR) is 97.7 cm³/mol. The molecule has 2 aliphatic rings. The van der Waals surface area contributed by atoms with Gasteiger partial charge in [0.25, 0.3) is 0 Å². The summed E-state index contributed by atoms with van der Waals surface area (Å²) in [6, 6.07) is 0. The number of unbranched alkanes of at least 4 members (excludes halogenated alkanes) is 1. The summed E-state index contributed by atoms with van der Waals surface area (Å²) in [6.07, 6.45) is 16.1. The Labute approximate surface area is 144 Å². The van der Waals surface area contributed by atoms with Crippen LogP contribution in [0.3, 0.4) is 0 Å². The number of rotatable bonds is 10. The molecule has 2 fully saturated rings. The van der Waals surface area contributed by atoms with E-state index in [-0.39, 0.29) is 0 Å². The molecule has 2 saturated carbocycles. The number of hydrogen-bond acceptors (Lipinski definition) is 2. The second-order valence-corrected chi connectivity index (χ2v) is 7.98. The van der Waals surface area contributed by atoms with Crippen molar-refractivity contribution < 1.29 is 9.47 Å². The first kappa shape index (κ1) is 19.2. The first-order chi connectivity index (χ1) is 11.3. The smallest absolute Gasteiger partial charge is 0.0700 e. The Morgan fingerprint density at radius 1 is 0.696 bits per heavy atom. The van der Waals surface area contributed by atoms with Gasteiger partial charge in [-0.25, -0.2) is 0 Å². The quantitative estimate of drug-likeness (QED) is 0.470. The third kappa shape index (κ3) is 7.13. The van der Waals surface area contributed by atoms with Crippen LogP contribution in [0, 0.1) is 23.7 Å². The zero-order valence-corrected chi connectivity index (χ0v) is 15.7. The third-order valence-corrected chi connectivity index (χ3v) is 6.35. The Balaban J connectivity index is 1.54. The molecule has 0 amide bonds. The van der Waals surface area contributed by atoms with Gasteiger partial charge in [-0.05, 0) is 69.1 Å². The Bertz CT molecular complexity index is 276. The lowest BCUT2D eigenvalue weighted by atomic mass is 9.69. The number of hydrogen-bond donors (Lipinski definition) is 0. The van der Waals surface area contributed by atoms with Gasteiger partial charge < -0.3 is 9.47 Å². The molecule has 2 heteroatoms. The van der Waals surface area contributed by atoms with Crippen molar-refractivity contribution in [3.05, 3.63) is 0 Å². The van der Waals surface area contributed by atoms with Gasteiger partial charge in [0, 0.05) is 13.2 Å². The molecule has 0 N–H and O–H groups in total. The van der Waals surface area contributed by atoms with Crippen molar-refractivity contribution in [1.82, 2.24) is 0 Å². The molecule has 0 aliphatic heterocycles. The molecule has 0 aromatic rings. The molecule has 0 bridgehead atoms. The van der Waals surface area contributed by atoms with Gasteiger partial charge >= 0.3 is 0 Å². The van der Waals surface area contributed by atoms with Gasteiger partial charge in [0.15, 0.2) is 0 Å². The van der Waals surface area contributed by atoms with Gasteiger partial charge in [-0.15, -0.1) is 0 Å². The molecule has 0 aromatic heterocycles. The SMILES string of the molecule is CCCCC1CCC(C2CCC(COCCOCC)CC2)CC1. The van der Waals surface area contributed by atoms with Crippen molar-refractivity contribution in [2.24, 2.45) is 23.7 Å². The van der Waals surface area contributed by atoms with Crippen LogP contribution in [0.2, 0.25) is 0 Å². The van der Waals surface area contributed by atoms with E-state index in [9.17, 15) is 0 Å². The van der Waals surface area contributed by atoms with Gasteiger partial charge in [0.2, 0.25) is 0 Å². The first-order valence-electron chi connectivity index (χ1n) is 10.5. The summed E-state index contributed by atoms with van der Waals surface area (Å²) in [4.78, 5) is 0. The molecule has 2 rings (SSSR count). The zero-order valence-electron chi connectivity index (χ0n) is 15.7. The zero-order chi connectivity index (χ0) is 16.3. The van der Waals surface area contributed by atoms with Crippen LogP contribution < -0.4 is 0 Å². The minimum Gasteiger partial charge on any atom is -0.379 e. The largest absolute Gasteiger partial charge is 0.379 e. The molecule has 136 valence electrons. The molecule has 0 aromatic carbocycles. The van der Waals surface area contributed by atoms with E-state index in [0.29, 0.717) is 0 Å². The molecule has 2 nitrogen and oxygen atoms in total. The summed E-state index contributed by atoms with van der Waals surface area (Å²) in [7, 11) is 0. The molecule has 0 heterocycles. The second kappa shape index (κ2) is 11.5. The molecular weight excluding hydrogens is 284 g/mol. The summed E-state index contributed by atoms with van der Waals surface area (Å²) in [5.41, 5.74) is 0. The highest BCUT2D eigenvalue weighted by atomic mass is 16.5. The average Bonchev–Trinajstić information content (AvgIpc) is 2.61. The van der Waals surface area contributed by atoms with E-state index in [2.05, 4.69) is 6.92 Å². The topological polar surface area (TPSA) is 18.5 Å². The predicted octanol–water partition coefficient (Wildman–Crippen LogP) is 5.84. The average molecular weight is 325 g/mol. The van der Waals surface area contributed by atoms with Crippen LogP contribution in [0.1, 0.15) is 84.5 Å². The van der Waals surface area contributed by atoms with E-state index >= 15 is 0 Å². The highest BCUT2D eigenvalue weighted by Crippen LogP contribution is 2.42. The molecule has 0 saturated heterocycles. The highest BCUT2D eigenvalue weighted by Gasteiger charge is 2.30. The lowest BCUT2D eigenvalue weighted by Crippen LogP contribution is -2.27. The fraction of sp³-hybridized carbons (Fsp3) is 1.00. The van der Waals surface area contributed by atoms with Crippen LogP contribution in [-0.4, -0.2) is 26.4 Å². The van der Waals surface area contributed by atoms with Crippen molar-refractivity contribution in [2.45, 2.75) is 84.5 Å². The van der Waals surface area contributed by atoms with Gasteiger partial charge in [0.05, 0.1) is 13.2 Å². The van der Waals surface area contributed by atoms with Crippen LogP contribution in [0.15, 0.2) is 0 Å². The van der Waals surface area contributed by atoms with E-state index in [0.717, 1.165) is 50.1 Å². The maximum Gasteiger partial charge on any atom is 0.0700 e. The van der Waals surface area contributed by atoms with Crippen molar-refractivity contribution >= 4 is 0 Å². The standard InChI is InChI=1S/C21H40O2/c1-3-5-6-18-7-11-20(12-8-18)21-13-9-19(10-14-21)17-23-16-15-22-4-2/h18-21H,3-17H2,1-2H3. The molecule has 0 spiro atoms. The van der Waals surface area contributed by atoms with Gasteiger partial charge in [0.1, 0.15) is 0 Å². The van der Waals surface area contributed by atoms with E-state index in [1.54, 1.807) is 0 Å². The van der Waals surface area contributed by atoms with Crippen LogP contribution in [-0.2, 0) is 9.47 Å². The molecule has 0 atom stereocenters. The van der Waals surface area contributed by atoms with E-state index in [1.807, 2.05) is 6.92 Å². The monoisotopic (exact) mass is 324 g/mol. The molecule has 23 heavy (non-hydrogen) atoms. The third-order valence-electron chi connectivity index (χ3n) is 6.35. The lowest BCUT2D eigenvalue weighted by Gasteiger charge is -2.38.